The van der Waals surface area contributed by atoms with Gasteiger partial charge in [0.2, 0.25) is 0 Å². The van der Waals surface area contributed by atoms with E-state index in [4.69, 9.17) is 0 Å². The Morgan fingerprint density at radius 2 is 2.05 bits per heavy atom. The number of rotatable bonds is 1. The van der Waals surface area contributed by atoms with E-state index in [0.29, 0.717) is 5.56 Å². The number of nitrogens with zero attached hydrogens (tertiary/aromatic N) is 1. The number of thioether (sulfide) groups is 1. The molecular formula is C16H19NO2S. The highest BCUT2D eigenvalue weighted by Crippen LogP contribution is 2.14. The molecule has 1 N–H and O–H groups in total. The lowest BCUT2D eigenvalue weighted by Gasteiger charge is -2.26. The van der Waals surface area contributed by atoms with Gasteiger partial charge in [-0.15, -0.1) is 0 Å². The van der Waals surface area contributed by atoms with Crippen LogP contribution in [0.15, 0.2) is 24.3 Å². The van der Waals surface area contributed by atoms with Crippen LogP contribution in [0.2, 0.25) is 0 Å². The first-order valence-corrected chi connectivity index (χ1v) is 7.84. The number of aliphatic hydroxyl groups is 1. The quantitative estimate of drug-likeness (QED) is 0.804. The second-order valence-electron chi connectivity index (χ2n) is 5.29. The Labute approximate surface area is 124 Å². The van der Waals surface area contributed by atoms with Crippen molar-refractivity contribution in [3.05, 3.63) is 35.4 Å². The van der Waals surface area contributed by atoms with E-state index in [-0.39, 0.29) is 5.91 Å². The smallest absolute Gasteiger partial charge is 0.253 e. The maximum atomic E-state index is 12.4. The van der Waals surface area contributed by atoms with E-state index in [2.05, 4.69) is 11.8 Å². The molecule has 2 rings (SSSR count). The number of benzene rings is 1. The second-order valence-corrected chi connectivity index (χ2v) is 6.52. The summed E-state index contributed by atoms with van der Waals surface area (Å²) in [4.78, 5) is 14.3. The summed E-state index contributed by atoms with van der Waals surface area (Å²) in [6.45, 7) is 4.90. The van der Waals surface area contributed by atoms with Crippen molar-refractivity contribution in [3.8, 4) is 11.8 Å². The molecule has 1 fully saturated rings. The van der Waals surface area contributed by atoms with E-state index in [1.54, 1.807) is 19.9 Å². The Balaban J connectivity index is 2.16. The normalized spacial score (nSPS) is 15.4. The van der Waals surface area contributed by atoms with Gasteiger partial charge in [0.05, 0.1) is 0 Å². The van der Waals surface area contributed by atoms with Gasteiger partial charge in [-0.25, -0.2) is 0 Å². The molecule has 0 aliphatic carbocycles. The van der Waals surface area contributed by atoms with Gasteiger partial charge >= 0.3 is 0 Å². The molecular weight excluding hydrogens is 270 g/mol. The molecule has 0 aromatic heterocycles. The van der Waals surface area contributed by atoms with Crippen molar-refractivity contribution in [1.29, 1.82) is 0 Å². The molecule has 0 radical (unpaired) electrons. The van der Waals surface area contributed by atoms with Crippen molar-refractivity contribution in [3.63, 3.8) is 0 Å². The maximum absolute atomic E-state index is 12.4. The van der Waals surface area contributed by atoms with Crippen molar-refractivity contribution in [2.24, 2.45) is 0 Å². The topological polar surface area (TPSA) is 40.5 Å². The molecule has 0 saturated carbocycles. The third kappa shape index (κ3) is 4.29. The van der Waals surface area contributed by atoms with Gasteiger partial charge in [-0.05, 0) is 32.0 Å². The molecule has 3 nitrogen and oxygen atoms in total. The Kier molecular flexibility index (Phi) is 4.74. The molecule has 0 bridgehead atoms. The minimum atomic E-state index is -1.02. The summed E-state index contributed by atoms with van der Waals surface area (Å²) in [5.74, 6) is 7.74. The summed E-state index contributed by atoms with van der Waals surface area (Å²) in [5, 5.41) is 9.61. The fourth-order valence-electron chi connectivity index (χ4n) is 1.90. The van der Waals surface area contributed by atoms with Crippen molar-refractivity contribution in [2.75, 3.05) is 24.6 Å². The lowest BCUT2D eigenvalue weighted by molar-refractivity contribution is 0.0772. The van der Waals surface area contributed by atoms with Crippen LogP contribution in [-0.4, -0.2) is 46.1 Å². The van der Waals surface area contributed by atoms with Gasteiger partial charge in [-0.1, -0.05) is 17.9 Å². The number of carbonyl (C=O) groups is 1. The van der Waals surface area contributed by atoms with Crippen LogP contribution in [0.1, 0.15) is 29.8 Å². The van der Waals surface area contributed by atoms with Crippen LogP contribution in [0.4, 0.5) is 0 Å². The molecule has 0 spiro atoms. The minimum absolute atomic E-state index is 0.0669. The van der Waals surface area contributed by atoms with Crippen LogP contribution in [0.5, 0.6) is 0 Å². The van der Waals surface area contributed by atoms with Crippen LogP contribution >= 0.6 is 11.8 Å². The van der Waals surface area contributed by atoms with Gasteiger partial charge in [-0.3, -0.25) is 4.79 Å². The third-order valence-electron chi connectivity index (χ3n) is 2.92. The monoisotopic (exact) mass is 289 g/mol. The molecule has 1 aromatic rings. The van der Waals surface area contributed by atoms with Gasteiger partial charge in [0.15, 0.2) is 0 Å². The fourth-order valence-corrected chi connectivity index (χ4v) is 2.81. The Bertz CT molecular complexity index is 546. The van der Waals surface area contributed by atoms with Gasteiger partial charge in [0.1, 0.15) is 5.60 Å². The predicted octanol–water partition coefficient (Wildman–Crippen LogP) is 2.00. The van der Waals surface area contributed by atoms with Gasteiger partial charge in [-0.2, -0.15) is 11.8 Å². The molecule has 1 amide bonds. The SMILES string of the molecule is CC(C)(O)C#Cc1cccc(C(=O)N2CCSCC2)c1. The fraction of sp³-hybridized carbons (Fsp3) is 0.438. The number of hydrogen-bond donors (Lipinski definition) is 1. The molecule has 1 aliphatic rings. The van der Waals surface area contributed by atoms with Crippen LogP contribution in [0.25, 0.3) is 0 Å². The molecule has 1 saturated heterocycles. The summed E-state index contributed by atoms with van der Waals surface area (Å²) >= 11 is 1.88. The highest BCUT2D eigenvalue weighted by atomic mass is 32.2. The summed E-state index contributed by atoms with van der Waals surface area (Å²) in [5.41, 5.74) is 0.396. The third-order valence-corrected chi connectivity index (χ3v) is 3.86. The van der Waals surface area contributed by atoms with Crippen molar-refractivity contribution in [1.82, 2.24) is 4.90 Å². The molecule has 1 aliphatic heterocycles. The maximum Gasteiger partial charge on any atom is 0.253 e. The lowest BCUT2D eigenvalue weighted by atomic mass is 10.1. The van der Waals surface area contributed by atoms with Gasteiger partial charge < -0.3 is 10.0 Å². The van der Waals surface area contributed by atoms with E-state index < -0.39 is 5.60 Å². The first-order chi connectivity index (χ1) is 9.46. The molecule has 106 valence electrons. The molecule has 4 heteroatoms. The average molecular weight is 289 g/mol. The number of hydrogen-bond acceptors (Lipinski definition) is 3. The second kappa shape index (κ2) is 6.34. The van der Waals surface area contributed by atoms with E-state index >= 15 is 0 Å². The summed E-state index contributed by atoms with van der Waals surface area (Å²) in [7, 11) is 0. The highest BCUT2D eigenvalue weighted by Gasteiger charge is 2.18. The predicted molar refractivity (Wildman–Crippen MR) is 82.8 cm³/mol. The van der Waals surface area contributed by atoms with E-state index in [0.717, 1.165) is 30.2 Å². The van der Waals surface area contributed by atoms with Gasteiger partial charge in [0, 0.05) is 35.7 Å². The zero-order chi connectivity index (χ0) is 14.6. The Hall–Kier alpha value is -1.44. The average Bonchev–Trinajstić information content (AvgIpc) is 2.45. The molecule has 0 unspecified atom stereocenters. The van der Waals surface area contributed by atoms with E-state index in [1.807, 2.05) is 34.9 Å². The van der Waals surface area contributed by atoms with Crippen molar-refractivity contribution >= 4 is 17.7 Å². The number of carbonyl (C=O) groups excluding carboxylic acids is 1. The van der Waals surface area contributed by atoms with Crippen LogP contribution < -0.4 is 0 Å². The summed E-state index contributed by atoms with van der Waals surface area (Å²) in [6.07, 6.45) is 0. The molecule has 1 aromatic carbocycles. The zero-order valence-corrected chi connectivity index (χ0v) is 12.7. The van der Waals surface area contributed by atoms with Crippen LogP contribution in [0, 0.1) is 11.8 Å². The molecule has 1 heterocycles. The van der Waals surface area contributed by atoms with Gasteiger partial charge in [0.25, 0.3) is 5.91 Å². The first kappa shape index (κ1) is 15.0. The lowest BCUT2D eigenvalue weighted by Crippen LogP contribution is -2.37. The summed E-state index contributed by atoms with van der Waals surface area (Å²) < 4.78 is 0. The molecule has 0 atom stereocenters. The largest absolute Gasteiger partial charge is 0.378 e. The highest BCUT2D eigenvalue weighted by molar-refractivity contribution is 7.99. The zero-order valence-electron chi connectivity index (χ0n) is 11.8. The van der Waals surface area contributed by atoms with Crippen LogP contribution in [0.3, 0.4) is 0 Å². The molecule has 20 heavy (non-hydrogen) atoms. The minimum Gasteiger partial charge on any atom is -0.378 e. The summed E-state index contributed by atoms with van der Waals surface area (Å²) in [6, 6.07) is 7.30. The Morgan fingerprint density at radius 1 is 1.35 bits per heavy atom. The standard InChI is InChI=1S/C16H19NO2S/c1-16(2,19)7-6-13-4-3-5-14(12-13)15(18)17-8-10-20-11-9-17/h3-5,12,19H,8-11H2,1-2H3. The Morgan fingerprint density at radius 3 is 2.70 bits per heavy atom. The van der Waals surface area contributed by atoms with E-state index in [9.17, 15) is 9.90 Å². The first-order valence-electron chi connectivity index (χ1n) is 6.68. The number of amides is 1. The van der Waals surface area contributed by atoms with Crippen molar-refractivity contribution < 1.29 is 9.90 Å². The van der Waals surface area contributed by atoms with E-state index in [1.165, 1.54) is 0 Å². The van der Waals surface area contributed by atoms with Crippen molar-refractivity contribution in [2.45, 2.75) is 19.4 Å². The van der Waals surface area contributed by atoms with Crippen LogP contribution in [-0.2, 0) is 0 Å².